The van der Waals surface area contributed by atoms with Crippen LogP contribution in [0.5, 0.6) is 5.75 Å². The Labute approximate surface area is 170 Å². The molecule has 7 nitrogen and oxygen atoms in total. The molecule has 3 amide bonds. The lowest BCUT2D eigenvalue weighted by Gasteiger charge is -2.11. The molecule has 2 aromatic carbocycles. The summed E-state index contributed by atoms with van der Waals surface area (Å²) in [6, 6.07) is 16.3. The van der Waals surface area contributed by atoms with Crippen LogP contribution in [0.3, 0.4) is 0 Å². The van der Waals surface area contributed by atoms with Gasteiger partial charge >= 0.3 is 12.0 Å². The summed E-state index contributed by atoms with van der Waals surface area (Å²) in [5.41, 5.74) is 1.80. The number of urea groups is 1. The monoisotopic (exact) mass is 398 g/mol. The van der Waals surface area contributed by atoms with Gasteiger partial charge in [0.2, 0.25) is 0 Å². The molecule has 0 bridgehead atoms. The van der Waals surface area contributed by atoms with Crippen LogP contribution in [0, 0.1) is 5.92 Å². The van der Waals surface area contributed by atoms with Gasteiger partial charge in [-0.2, -0.15) is 0 Å². The van der Waals surface area contributed by atoms with E-state index in [1.54, 1.807) is 12.1 Å². The fraction of sp³-hybridized carbons (Fsp3) is 0.318. The fourth-order valence-electron chi connectivity index (χ4n) is 2.45. The highest BCUT2D eigenvalue weighted by Gasteiger charge is 2.13. The van der Waals surface area contributed by atoms with Crippen LogP contribution in [0.1, 0.15) is 20.3 Å². The van der Waals surface area contributed by atoms with Gasteiger partial charge in [-0.25, -0.2) is 9.59 Å². The van der Waals surface area contributed by atoms with Gasteiger partial charge in [0.15, 0.2) is 13.2 Å². The molecule has 0 aliphatic carbocycles. The van der Waals surface area contributed by atoms with Crippen molar-refractivity contribution in [1.29, 1.82) is 0 Å². The molecule has 0 heterocycles. The minimum atomic E-state index is -0.705. The molecular weight excluding hydrogens is 372 g/mol. The minimum Gasteiger partial charge on any atom is -0.481 e. The third kappa shape index (κ3) is 8.04. The average Bonchev–Trinajstić information content (AvgIpc) is 2.71. The van der Waals surface area contributed by atoms with Gasteiger partial charge < -0.3 is 14.8 Å². The molecule has 154 valence electrons. The Kier molecular flexibility index (Phi) is 8.69. The first kappa shape index (κ1) is 21.9. The van der Waals surface area contributed by atoms with E-state index < -0.39 is 24.5 Å². The minimum absolute atomic E-state index is 0.349. The van der Waals surface area contributed by atoms with Crippen molar-refractivity contribution < 1.29 is 23.9 Å². The Hall–Kier alpha value is -3.35. The molecule has 0 spiro atoms. The van der Waals surface area contributed by atoms with Gasteiger partial charge in [-0.1, -0.05) is 62.4 Å². The Balaban J connectivity index is 1.75. The van der Waals surface area contributed by atoms with Crippen molar-refractivity contribution in [3.8, 4) is 16.9 Å². The molecule has 29 heavy (non-hydrogen) atoms. The first-order valence-electron chi connectivity index (χ1n) is 9.46. The van der Waals surface area contributed by atoms with E-state index in [0.717, 1.165) is 17.5 Å². The zero-order valence-corrected chi connectivity index (χ0v) is 16.6. The van der Waals surface area contributed by atoms with E-state index in [0.29, 0.717) is 18.2 Å². The lowest BCUT2D eigenvalue weighted by Crippen LogP contribution is -2.42. The highest BCUT2D eigenvalue weighted by Crippen LogP contribution is 2.29. The van der Waals surface area contributed by atoms with Gasteiger partial charge in [0.05, 0.1) is 0 Å². The molecule has 0 aliphatic heterocycles. The number of rotatable bonds is 9. The lowest BCUT2D eigenvalue weighted by molar-refractivity contribution is -0.150. The molecule has 0 radical (unpaired) electrons. The number of benzene rings is 2. The number of carbonyl (C=O) groups excluding carboxylic acids is 3. The Bertz CT molecular complexity index is 821. The normalized spacial score (nSPS) is 10.3. The van der Waals surface area contributed by atoms with Gasteiger partial charge in [-0.15, -0.1) is 0 Å². The van der Waals surface area contributed by atoms with Crippen LogP contribution in [-0.4, -0.2) is 37.7 Å². The number of amides is 3. The molecule has 0 aliphatic rings. The SMILES string of the molecule is CC(C)CCNC(=O)NC(=O)COC(=O)COc1ccccc1-c1ccccc1. The van der Waals surface area contributed by atoms with Crippen molar-refractivity contribution in [2.24, 2.45) is 5.92 Å². The summed E-state index contributed by atoms with van der Waals surface area (Å²) < 4.78 is 10.4. The maximum absolute atomic E-state index is 11.9. The number of imide groups is 1. The van der Waals surface area contributed by atoms with Crippen LogP contribution in [0.4, 0.5) is 4.79 Å². The summed E-state index contributed by atoms with van der Waals surface area (Å²) in [5.74, 6) is -0.433. The summed E-state index contributed by atoms with van der Waals surface area (Å²) in [5, 5.41) is 4.67. The summed E-state index contributed by atoms with van der Waals surface area (Å²) in [6.45, 7) is 3.62. The molecule has 0 unspecified atom stereocenters. The average molecular weight is 398 g/mol. The molecule has 0 saturated carbocycles. The zero-order valence-electron chi connectivity index (χ0n) is 16.6. The van der Waals surface area contributed by atoms with Gasteiger partial charge in [-0.05, 0) is 24.0 Å². The first-order valence-corrected chi connectivity index (χ1v) is 9.46. The van der Waals surface area contributed by atoms with E-state index in [1.807, 2.05) is 56.3 Å². The van der Waals surface area contributed by atoms with Crippen LogP contribution in [0.2, 0.25) is 0 Å². The largest absolute Gasteiger partial charge is 0.481 e. The van der Waals surface area contributed by atoms with Gasteiger partial charge in [-0.3, -0.25) is 10.1 Å². The second-order valence-electron chi connectivity index (χ2n) is 6.80. The number of nitrogens with one attached hydrogen (secondary N) is 2. The second-order valence-corrected chi connectivity index (χ2v) is 6.80. The Morgan fingerprint density at radius 1 is 0.931 bits per heavy atom. The van der Waals surface area contributed by atoms with E-state index in [4.69, 9.17) is 9.47 Å². The standard InChI is InChI=1S/C22H26N2O5/c1-16(2)12-13-23-22(27)24-20(25)14-29-21(26)15-28-19-11-7-6-10-18(19)17-8-4-3-5-9-17/h3-11,16H,12-15H2,1-2H3,(H2,23,24,25,27). The van der Waals surface area contributed by atoms with Gasteiger partial charge in [0.1, 0.15) is 5.75 Å². The summed E-state index contributed by atoms with van der Waals surface area (Å²) in [7, 11) is 0. The van der Waals surface area contributed by atoms with Crippen LogP contribution < -0.4 is 15.4 Å². The summed E-state index contributed by atoms with van der Waals surface area (Å²) in [6.07, 6.45) is 0.804. The zero-order chi connectivity index (χ0) is 21.1. The summed E-state index contributed by atoms with van der Waals surface area (Å²) in [4.78, 5) is 35.1. The number of ether oxygens (including phenoxy) is 2. The fourth-order valence-corrected chi connectivity index (χ4v) is 2.45. The molecule has 0 fully saturated rings. The molecule has 2 N–H and O–H groups in total. The molecule has 7 heteroatoms. The van der Waals surface area contributed by atoms with Crippen molar-refractivity contribution in [1.82, 2.24) is 10.6 Å². The molecular formula is C22H26N2O5. The van der Waals surface area contributed by atoms with Gasteiger partial charge in [0, 0.05) is 12.1 Å². The maximum Gasteiger partial charge on any atom is 0.344 e. The number of hydrogen-bond acceptors (Lipinski definition) is 5. The van der Waals surface area contributed by atoms with Crippen molar-refractivity contribution in [3.05, 3.63) is 54.6 Å². The van der Waals surface area contributed by atoms with E-state index in [2.05, 4.69) is 10.6 Å². The predicted octanol–water partition coefficient (Wildman–Crippen LogP) is 3.15. The van der Waals surface area contributed by atoms with Crippen LogP contribution in [0.25, 0.3) is 11.1 Å². The topological polar surface area (TPSA) is 93.7 Å². The van der Waals surface area contributed by atoms with E-state index in [1.165, 1.54) is 0 Å². The number of esters is 1. The van der Waals surface area contributed by atoms with Crippen molar-refractivity contribution in [3.63, 3.8) is 0 Å². The van der Waals surface area contributed by atoms with Crippen LogP contribution in [-0.2, 0) is 14.3 Å². The number of para-hydroxylation sites is 1. The second kappa shape index (κ2) is 11.5. The lowest BCUT2D eigenvalue weighted by atomic mass is 10.1. The number of carbonyl (C=O) groups is 3. The molecule has 2 rings (SSSR count). The first-order chi connectivity index (χ1) is 14.0. The number of hydrogen-bond donors (Lipinski definition) is 2. The van der Waals surface area contributed by atoms with Crippen LogP contribution in [0.15, 0.2) is 54.6 Å². The van der Waals surface area contributed by atoms with Gasteiger partial charge in [0.25, 0.3) is 5.91 Å². The molecule has 2 aromatic rings. The van der Waals surface area contributed by atoms with E-state index >= 15 is 0 Å². The highest BCUT2D eigenvalue weighted by molar-refractivity contribution is 5.95. The molecule has 0 aromatic heterocycles. The highest BCUT2D eigenvalue weighted by atomic mass is 16.6. The molecule has 0 atom stereocenters. The van der Waals surface area contributed by atoms with Crippen LogP contribution >= 0.6 is 0 Å². The predicted molar refractivity (Wildman–Crippen MR) is 109 cm³/mol. The molecule has 0 saturated heterocycles. The van der Waals surface area contributed by atoms with E-state index in [-0.39, 0.29) is 6.61 Å². The van der Waals surface area contributed by atoms with Crippen molar-refractivity contribution >= 4 is 17.9 Å². The smallest absolute Gasteiger partial charge is 0.344 e. The quantitative estimate of drug-likeness (QED) is 0.633. The Morgan fingerprint density at radius 2 is 1.62 bits per heavy atom. The van der Waals surface area contributed by atoms with E-state index in [9.17, 15) is 14.4 Å². The van der Waals surface area contributed by atoms with Crippen molar-refractivity contribution in [2.45, 2.75) is 20.3 Å². The maximum atomic E-state index is 11.9. The summed E-state index contributed by atoms with van der Waals surface area (Å²) >= 11 is 0. The third-order valence-corrected chi connectivity index (χ3v) is 3.94. The Morgan fingerprint density at radius 3 is 2.34 bits per heavy atom. The van der Waals surface area contributed by atoms with Crippen molar-refractivity contribution in [2.75, 3.05) is 19.8 Å². The third-order valence-electron chi connectivity index (χ3n) is 3.94.